The lowest BCUT2D eigenvalue weighted by molar-refractivity contribution is 0.414. The molecule has 24 heavy (non-hydrogen) atoms. The van der Waals surface area contributed by atoms with Crippen LogP contribution in [0.5, 0.6) is 5.75 Å². The van der Waals surface area contributed by atoms with Gasteiger partial charge in [0.2, 0.25) is 10.0 Å². The highest BCUT2D eigenvalue weighted by Crippen LogP contribution is 2.20. The van der Waals surface area contributed by atoms with Gasteiger partial charge in [0.1, 0.15) is 5.75 Å². The van der Waals surface area contributed by atoms with Crippen molar-refractivity contribution in [1.29, 1.82) is 0 Å². The molecule has 0 aliphatic rings. The Bertz CT molecular complexity index is 902. The zero-order valence-electron chi connectivity index (χ0n) is 13.6. The van der Waals surface area contributed by atoms with Crippen molar-refractivity contribution < 1.29 is 21.6 Å². The van der Waals surface area contributed by atoms with Gasteiger partial charge in [0.15, 0.2) is 9.84 Å². The molecule has 0 fully saturated rings. The smallest absolute Gasteiger partial charge is 0.243 e. The van der Waals surface area contributed by atoms with E-state index in [4.69, 9.17) is 4.74 Å². The van der Waals surface area contributed by atoms with Gasteiger partial charge in [0.05, 0.1) is 16.9 Å². The quantitative estimate of drug-likeness (QED) is 0.777. The van der Waals surface area contributed by atoms with Crippen LogP contribution < -0.4 is 4.74 Å². The lowest BCUT2D eigenvalue weighted by atomic mass is 10.2. The second-order valence-corrected chi connectivity index (χ2v) is 9.41. The third-order valence-electron chi connectivity index (χ3n) is 3.52. The van der Waals surface area contributed by atoms with Crippen molar-refractivity contribution >= 4 is 19.9 Å². The van der Waals surface area contributed by atoms with Crippen molar-refractivity contribution in [3.8, 4) is 5.75 Å². The lowest BCUT2D eigenvalue weighted by Gasteiger charge is -2.17. The zero-order chi connectivity index (χ0) is 18.0. The number of hydrogen-bond acceptors (Lipinski definition) is 5. The first-order valence-corrected chi connectivity index (χ1v) is 10.4. The zero-order valence-corrected chi connectivity index (χ0v) is 15.3. The molecule has 0 saturated carbocycles. The Balaban J connectivity index is 2.22. The van der Waals surface area contributed by atoms with E-state index < -0.39 is 19.9 Å². The van der Waals surface area contributed by atoms with Gasteiger partial charge in [-0.05, 0) is 42.0 Å². The number of hydrogen-bond donors (Lipinski definition) is 0. The number of methoxy groups -OCH3 is 1. The molecule has 8 heteroatoms. The van der Waals surface area contributed by atoms with Crippen LogP contribution in [-0.4, -0.2) is 41.6 Å². The molecule has 2 rings (SSSR count). The molecular formula is C16H19NO5S2. The molecule has 0 atom stereocenters. The van der Waals surface area contributed by atoms with Crippen LogP contribution in [0.15, 0.2) is 58.3 Å². The Labute approximate surface area is 142 Å². The molecule has 0 aliphatic heterocycles. The maximum absolute atomic E-state index is 12.6. The highest BCUT2D eigenvalue weighted by molar-refractivity contribution is 7.90. The van der Waals surface area contributed by atoms with Crippen molar-refractivity contribution in [2.75, 3.05) is 20.4 Å². The molecule has 0 aliphatic carbocycles. The second-order valence-electron chi connectivity index (χ2n) is 5.35. The second kappa shape index (κ2) is 6.92. The Morgan fingerprint density at radius 3 is 1.83 bits per heavy atom. The summed E-state index contributed by atoms with van der Waals surface area (Å²) in [5.41, 5.74) is 0.814. The minimum Gasteiger partial charge on any atom is -0.497 e. The largest absolute Gasteiger partial charge is 0.497 e. The van der Waals surface area contributed by atoms with Crippen molar-refractivity contribution in [2.24, 2.45) is 0 Å². The first-order valence-electron chi connectivity index (χ1n) is 7.04. The fourth-order valence-corrected chi connectivity index (χ4v) is 3.90. The van der Waals surface area contributed by atoms with Gasteiger partial charge < -0.3 is 4.74 Å². The van der Waals surface area contributed by atoms with Crippen LogP contribution >= 0.6 is 0 Å². The number of sulfone groups is 1. The summed E-state index contributed by atoms with van der Waals surface area (Å²) >= 11 is 0. The molecule has 130 valence electrons. The third-order valence-corrected chi connectivity index (χ3v) is 6.47. The van der Waals surface area contributed by atoms with Gasteiger partial charge in [0.25, 0.3) is 0 Å². The highest BCUT2D eigenvalue weighted by atomic mass is 32.2. The van der Waals surface area contributed by atoms with Gasteiger partial charge in [-0.3, -0.25) is 0 Å². The fraction of sp³-hybridized carbons (Fsp3) is 0.250. The van der Waals surface area contributed by atoms with Gasteiger partial charge in [-0.15, -0.1) is 0 Å². The molecule has 0 unspecified atom stereocenters. The maximum atomic E-state index is 12.6. The highest BCUT2D eigenvalue weighted by Gasteiger charge is 2.21. The molecule has 0 saturated heterocycles. The molecule has 0 aromatic heterocycles. The summed E-state index contributed by atoms with van der Waals surface area (Å²) < 4.78 is 54.3. The molecular weight excluding hydrogens is 350 g/mol. The Morgan fingerprint density at radius 1 is 0.875 bits per heavy atom. The third kappa shape index (κ3) is 4.14. The standard InChI is InChI=1S/C16H19NO5S2/c1-17(12-13-4-6-14(22-2)7-5-13)24(20,21)16-10-8-15(9-11-16)23(3,18)19/h4-11H,12H2,1-3H3. The van der Waals surface area contributed by atoms with Gasteiger partial charge in [-0.1, -0.05) is 12.1 Å². The first kappa shape index (κ1) is 18.4. The van der Waals surface area contributed by atoms with Crippen LogP contribution in [0, 0.1) is 0 Å². The van der Waals surface area contributed by atoms with E-state index in [0.29, 0.717) is 5.75 Å². The topological polar surface area (TPSA) is 80.8 Å². The van der Waals surface area contributed by atoms with E-state index in [1.165, 1.54) is 35.6 Å². The normalized spacial score (nSPS) is 12.3. The van der Waals surface area contributed by atoms with Crippen LogP contribution in [0.2, 0.25) is 0 Å². The van der Waals surface area contributed by atoms with Crippen molar-refractivity contribution in [1.82, 2.24) is 4.31 Å². The summed E-state index contributed by atoms with van der Waals surface area (Å²) in [4.78, 5) is 0.130. The average Bonchev–Trinajstić information content (AvgIpc) is 2.54. The summed E-state index contributed by atoms with van der Waals surface area (Å²) in [6, 6.07) is 12.3. The van der Waals surface area contributed by atoms with E-state index in [0.717, 1.165) is 11.8 Å². The van der Waals surface area contributed by atoms with Crippen LogP contribution in [0.25, 0.3) is 0 Å². The molecule has 0 N–H and O–H groups in total. The van der Waals surface area contributed by atoms with Gasteiger partial charge in [0, 0.05) is 19.8 Å². The van der Waals surface area contributed by atoms with Crippen molar-refractivity contribution in [2.45, 2.75) is 16.3 Å². The van der Waals surface area contributed by atoms with Gasteiger partial charge >= 0.3 is 0 Å². The molecule has 0 heterocycles. The molecule has 2 aromatic carbocycles. The molecule has 0 spiro atoms. The number of nitrogens with zero attached hydrogens (tertiary/aromatic N) is 1. The number of rotatable bonds is 6. The Hall–Kier alpha value is -1.90. The Kier molecular flexibility index (Phi) is 5.32. The fourth-order valence-electron chi connectivity index (χ4n) is 2.11. The predicted molar refractivity (Wildman–Crippen MR) is 91.2 cm³/mol. The number of sulfonamides is 1. The van der Waals surface area contributed by atoms with Crippen LogP contribution in [0.1, 0.15) is 5.56 Å². The minimum absolute atomic E-state index is 0.0471. The van der Waals surface area contributed by atoms with Crippen LogP contribution in [0.4, 0.5) is 0 Å². The van der Waals surface area contributed by atoms with Crippen LogP contribution in [0.3, 0.4) is 0 Å². The van der Waals surface area contributed by atoms with Crippen molar-refractivity contribution in [3.05, 3.63) is 54.1 Å². The van der Waals surface area contributed by atoms with E-state index in [1.54, 1.807) is 31.4 Å². The SMILES string of the molecule is COc1ccc(CN(C)S(=O)(=O)c2ccc(S(C)(=O)=O)cc2)cc1. The number of ether oxygens (including phenoxy) is 1. The summed E-state index contributed by atoms with van der Waals surface area (Å²) in [5, 5.41) is 0. The molecule has 0 radical (unpaired) electrons. The molecule has 2 aromatic rings. The van der Waals surface area contributed by atoms with E-state index in [-0.39, 0.29) is 16.3 Å². The van der Waals surface area contributed by atoms with Gasteiger partial charge in [-0.2, -0.15) is 4.31 Å². The molecule has 6 nitrogen and oxygen atoms in total. The lowest BCUT2D eigenvalue weighted by Crippen LogP contribution is -2.26. The summed E-state index contributed by atoms with van der Waals surface area (Å²) in [5.74, 6) is 0.695. The van der Waals surface area contributed by atoms with E-state index in [1.807, 2.05) is 0 Å². The van der Waals surface area contributed by atoms with E-state index in [9.17, 15) is 16.8 Å². The predicted octanol–water partition coefficient (Wildman–Crippen LogP) is 1.92. The van der Waals surface area contributed by atoms with Crippen molar-refractivity contribution in [3.63, 3.8) is 0 Å². The number of benzene rings is 2. The van der Waals surface area contributed by atoms with E-state index >= 15 is 0 Å². The molecule has 0 amide bonds. The average molecular weight is 369 g/mol. The van der Waals surface area contributed by atoms with Gasteiger partial charge in [-0.25, -0.2) is 16.8 Å². The summed E-state index contributed by atoms with van der Waals surface area (Å²) in [6.07, 6.45) is 1.08. The minimum atomic E-state index is -3.71. The Morgan fingerprint density at radius 2 is 1.38 bits per heavy atom. The summed E-state index contributed by atoms with van der Waals surface area (Å²) in [7, 11) is -4.03. The van der Waals surface area contributed by atoms with Crippen LogP contribution in [-0.2, 0) is 26.4 Å². The maximum Gasteiger partial charge on any atom is 0.243 e. The summed E-state index contributed by atoms with van der Waals surface area (Å²) in [6.45, 7) is 0.195. The first-order chi connectivity index (χ1) is 11.1. The monoisotopic (exact) mass is 369 g/mol. The van der Waals surface area contributed by atoms with E-state index in [2.05, 4.69) is 0 Å². The molecule has 0 bridgehead atoms.